The second-order valence-corrected chi connectivity index (χ2v) is 11.4. The first-order valence-corrected chi connectivity index (χ1v) is 14.9. The van der Waals surface area contributed by atoms with Crippen LogP contribution in [0.4, 0.5) is 0 Å². The predicted octanol–water partition coefficient (Wildman–Crippen LogP) is 6.51. The summed E-state index contributed by atoms with van der Waals surface area (Å²) in [5.74, 6) is 0.990. The van der Waals surface area contributed by atoms with Gasteiger partial charge in [-0.25, -0.2) is 9.79 Å². The lowest BCUT2D eigenvalue weighted by atomic mass is 9.93. The molecule has 0 fully saturated rings. The molecule has 0 amide bonds. The predicted molar refractivity (Wildman–Crippen MR) is 168 cm³/mol. The van der Waals surface area contributed by atoms with E-state index in [2.05, 4.69) is 0 Å². The Kier molecular flexibility index (Phi) is 8.08. The number of methoxy groups -OCH3 is 1. The number of benzene rings is 3. The largest absolute Gasteiger partial charge is 0.497 e. The zero-order valence-corrected chi connectivity index (χ0v) is 25.4. The van der Waals surface area contributed by atoms with Gasteiger partial charge in [-0.1, -0.05) is 77.0 Å². The second kappa shape index (κ2) is 12.1. The lowest BCUT2D eigenvalue weighted by Crippen LogP contribution is -2.40. The van der Waals surface area contributed by atoms with Gasteiger partial charge in [0.15, 0.2) is 4.80 Å². The molecule has 43 heavy (non-hydrogen) atoms. The lowest BCUT2D eigenvalue weighted by molar-refractivity contribution is -0.138. The second-order valence-electron chi connectivity index (χ2n) is 9.53. The van der Waals surface area contributed by atoms with E-state index in [0.29, 0.717) is 53.5 Å². The van der Waals surface area contributed by atoms with E-state index in [0.717, 1.165) is 5.56 Å². The number of esters is 1. The van der Waals surface area contributed by atoms with Crippen LogP contribution in [0.2, 0.25) is 10.0 Å². The summed E-state index contributed by atoms with van der Waals surface area (Å²) in [7, 11) is 1.57. The van der Waals surface area contributed by atoms with Crippen LogP contribution < -0.4 is 19.6 Å². The molecule has 0 spiro atoms. The molecule has 3 aromatic carbocycles. The van der Waals surface area contributed by atoms with E-state index in [1.165, 1.54) is 15.9 Å². The molecule has 0 saturated heterocycles. The summed E-state index contributed by atoms with van der Waals surface area (Å²) < 4.78 is 19.0. The third kappa shape index (κ3) is 5.57. The molecule has 216 valence electrons. The molecule has 1 unspecified atom stereocenters. The lowest BCUT2D eigenvalue weighted by Gasteiger charge is -2.26. The number of nitrogens with zero attached hydrogens (tertiary/aromatic N) is 2. The number of carbonyl (C=O) groups is 1. The Balaban J connectivity index is 1.57. The van der Waals surface area contributed by atoms with E-state index in [-0.39, 0.29) is 17.7 Å². The van der Waals surface area contributed by atoms with Gasteiger partial charge in [0.25, 0.3) is 5.56 Å². The maximum atomic E-state index is 14.1. The van der Waals surface area contributed by atoms with Gasteiger partial charge in [-0.2, -0.15) is 0 Å². The number of carbonyl (C=O) groups excluding carboxylic acids is 1. The molecule has 0 saturated carbocycles. The first kappa shape index (κ1) is 28.7. The smallest absolute Gasteiger partial charge is 0.338 e. The number of ether oxygens (including phenoxy) is 2. The standard InChI is InChI=1S/C33H24Cl2N2O5S/c1-3-41-32(39)28-29(19-8-5-4-6-9-19)36-33-37(30(28)20-10-7-11-22(16-20)40-2)31(38)27(43-33)18-23-13-15-26(42-23)24-17-21(34)12-14-25(24)35/h4-18,30H,3H2,1-2H3/b27-18-. The molecule has 1 aliphatic rings. The number of hydrogen-bond acceptors (Lipinski definition) is 7. The highest BCUT2D eigenvalue weighted by Gasteiger charge is 2.35. The fourth-order valence-electron chi connectivity index (χ4n) is 4.96. The number of fused-ring (bicyclic) bond motifs is 1. The van der Waals surface area contributed by atoms with Gasteiger partial charge < -0.3 is 13.9 Å². The van der Waals surface area contributed by atoms with E-state index in [1.807, 2.05) is 48.5 Å². The number of halogens is 2. The Morgan fingerprint density at radius 3 is 2.63 bits per heavy atom. The molecular weight excluding hydrogens is 607 g/mol. The molecule has 6 rings (SSSR count). The van der Waals surface area contributed by atoms with Gasteiger partial charge in [0.1, 0.15) is 17.3 Å². The fourth-order valence-corrected chi connectivity index (χ4v) is 6.32. The normalized spacial score (nSPS) is 14.8. The SMILES string of the molecule is CCOC(=O)C1=C(c2ccccc2)N=c2s/c(=C\c3ccc(-c4cc(Cl)ccc4Cl)o3)c(=O)n2C1c1cccc(OC)c1. The van der Waals surface area contributed by atoms with Gasteiger partial charge in [-0.05, 0) is 55.0 Å². The van der Waals surface area contributed by atoms with Crippen LogP contribution in [0.5, 0.6) is 5.75 Å². The monoisotopic (exact) mass is 630 g/mol. The molecule has 0 radical (unpaired) electrons. The van der Waals surface area contributed by atoms with Crippen molar-refractivity contribution in [2.24, 2.45) is 4.99 Å². The molecule has 7 nitrogen and oxygen atoms in total. The summed E-state index contributed by atoms with van der Waals surface area (Å²) in [5.41, 5.74) is 2.41. The van der Waals surface area contributed by atoms with Crippen LogP contribution in [0.15, 0.2) is 105 Å². The number of rotatable bonds is 7. The van der Waals surface area contributed by atoms with Crippen molar-refractivity contribution in [3.63, 3.8) is 0 Å². The molecule has 5 aromatic rings. The topological polar surface area (TPSA) is 83.0 Å². The van der Waals surface area contributed by atoms with Gasteiger partial charge in [-0.3, -0.25) is 9.36 Å². The highest BCUT2D eigenvalue weighted by atomic mass is 35.5. The fraction of sp³-hybridized carbons (Fsp3) is 0.121. The third-order valence-electron chi connectivity index (χ3n) is 6.88. The summed E-state index contributed by atoms with van der Waals surface area (Å²) in [6.07, 6.45) is 1.66. The highest BCUT2D eigenvalue weighted by molar-refractivity contribution is 7.07. The van der Waals surface area contributed by atoms with Crippen molar-refractivity contribution < 1.29 is 18.7 Å². The minimum atomic E-state index is -0.819. The van der Waals surface area contributed by atoms with Crippen molar-refractivity contribution in [3.8, 4) is 17.1 Å². The van der Waals surface area contributed by atoms with Crippen molar-refractivity contribution in [2.75, 3.05) is 13.7 Å². The molecule has 2 aromatic heterocycles. The summed E-state index contributed by atoms with van der Waals surface area (Å²) in [4.78, 5) is 33.0. The van der Waals surface area contributed by atoms with E-state index in [1.54, 1.807) is 56.5 Å². The Morgan fingerprint density at radius 2 is 1.86 bits per heavy atom. The molecule has 0 N–H and O–H groups in total. The van der Waals surface area contributed by atoms with E-state index < -0.39 is 12.0 Å². The van der Waals surface area contributed by atoms with Crippen molar-refractivity contribution in [3.05, 3.63) is 137 Å². The van der Waals surface area contributed by atoms with Crippen molar-refractivity contribution in [2.45, 2.75) is 13.0 Å². The van der Waals surface area contributed by atoms with Gasteiger partial charge in [0.2, 0.25) is 0 Å². The van der Waals surface area contributed by atoms with Crippen LogP contribution in [-0.2, 0) is 9.53 Å². The number of hydrogen-bond donors (Lipinski definition) is 0. The maximum absolute atomic E-state index is 14.1. The van der Waals surface area contributed by atoms with Crippen LogP contribution in [0.25, 0.3) is 23.1 Å². The Morgan fingerprint density at radius 1 is 1.05 bits per heavy atom. The quantitative estimate of drug-likeness (QED) is 0.191. The first-order chi connectivity index (χ1) is 20.9. The summed E-state index contributed by atoms with van der Waals surface area (Å²) in [6, 6.07) is 24.5. The zero-order chi connectivity index (χ0) is 30.1. The van der Waals surface area contributed by atoms with Gasteiger partial charge in [0.05, 0.1) is 40.6 Å². The van der Waals surface area contributed by atoms with Gasteiger partial charge >= 0.3 is 5.97 Å². The molecule has 0 aliphatic carbocycles. The number of furan rings is 1. The molecule has 3 heterocycles. The number of aromatic nitrogens is 1. The summed E-state index contributed by atoms with van der Waals surface area (Å²) in [5, 5.41) is 1.01. The third-order valence-corrected chi connectivity index (χ3v) is 8.42. The van der Waals surface area contributed by atoms with Crippen molar-refractivity contribution in [1.29, 1.82) is 0 Å². The van der Waals surface area contributed by atoms with Crippen LogP contribution in [0, 0.1) is 0 Å². The van der Waals surface area contributed by atoms with Gasteiger partial charge in [0, 0.05) is 22.2 Å². The average Bonchev–Trinajstić information content (AvgIpc) is 3.62. The van der Waals surface area contributed by atoms with Crippen molar-refractivity contribution in [1.82, 2.24) is 4.57 Å². The van der Waals surface area contributed by atoms with Crippen LogP contribution in [0.3, 0.4) is 0 Å². The van der Waals surface area contributed by atoms with E-state index >= 15 is 0 Å². The van der Waals surface area contributed by atoms with Crippen LogP contribution in [-0.4, -0.2) is 24.3 Å². The molecule has 10 heteroatoms. The minimum absolute atomic E-state index is 0.164. The van der Waals surface area contributed by atoms with Crippen LogP contribution >= 0.6 is 34.5 Å². The van der Waals surface area contributed by atoms with Gasteiger partial charge in [-0.15, -0.1) is 0 Å². The first-order valence-electron chi connectivity index (χ1n) is 13.4. The van der Waals surface area contributed by atoms with Crippen molar-refractivity contribution >= 4 is 52.3 Å². The average molecular weight is 632 g/mol. The van der Waals surface area contributed by atoms with E-state index in [4.69, 9.17) is 42.1 Å². The van der Waals surface area contributed by atoms with E-state index in [9.17, 15) is 9.59 Å². The minimum Gasteiger partial charge on any atom is -0.497 e. The summed E-state index contributed by atoms with van der Waals surface area (Å²) >= 11 is 13.7. The molecule has 1 aliphatic heterocycles. The van der Waals surface area contributed by atoms with Crippen LogP contribution in [0.1, 0.15) is 29.9 Å². The Labute approximate surface area is 260 Å². The molecular formula is C33H24Cl2N2O5S. The zero-order valence-electron chi connectivity index (χ0n) is 23.0. The molecule has 0 bridgehead atoms. The number of thiazole rings is 1. The summed E-state index contributed by atoms with van der Waals surface area (Å²) in [6.45, 7) is 1.90. The Bertz CT molecular complexity index is 2060. The maximum Gasteiger partial charge on any atom is 0.338 e. The molecule has 1 atom stereocenters. The highest BCUT2D eigenvalue weighted by Crippen LogP contribution is 2.36. The Hall–Kier alpha value is -4.37.